The molecule has 0 bridgehead atoms. The molecule has 6 heteroatoms. The van der Waals surface area contributed by atoms with Gasteiger partial charge in [0.15, 0.2) is 11.6 Å². The molecule has 0 radical (unpaired) electrons. The highest BCUT2D eigenvalue weighted by atomic mass is 15.1. The van der Waals surface area contributed by atoms with Crippen molar-refractivity contribution in [3.05, 3.63) is 60.4 Å². The summed E-state index contributed by atoms with van der Waals surface area (Å²) in [5, 5.41) is 6.51. The Labute approximate surface area is 151 Å². The van der Waals surface area contributed by atoms with Gasteiger partial charge >= 0.3 is 0 Å². The lowest BCUT2D eigenvalue weighted by Crippen LogP contribution is -2.02. The van der Waals surface area contributed by atoms with Crippen LogP contribution in [-0.4, -0.2) is 26.6 Å². The lowest BCUT2D eigenvalue weighted by Gasteiger charge is -2.11. The fourth-order valence-electron chi connectivity index (χ4n) is 2.95. The van der Waals surface area contributed by atoms with Gasteiger partial charge in [0.2, 0.25) is 0 Å². The molecule has 0 aliphatic carbocycles. The van der Waals surface area contributed by atoms with Gasteiger partial charge in [-0.1, -0.05) is 12.1 Å². The Morgan fingerprint density at radius 2 is 1.92 bits per heavy atom. The molecular formula is C20H20N6. The van der Waals surface area contributed by atoms with Crippen molar-refractivity contribution >= 4 is 28.4 Å². The number of nitrogens with zero attached hydrogens (tertiary/aromatic N) is 4. The molecule has 4 aromatic rings. The zero-order valence-electron chi connectivity index (χ0n) is 15.0. The minimum atomic E-state index is 0.677. The highest BCUT2D eigenvalue weighted by molar-refractivity contribution is 5.90. The molecular weight excluding hydrogens is 324 g/mol. The summed E-state index contributed by atoms with van der Waals surface area (Å²) in [5.74, 6) is 2.18. The van der Waals surface area contributed by atoms with E-state index in [2.05, 4.69) is 15.6 Å². The van der Waals surface area contributed by atoms with E-state index in [1.54, 1.807) is 6.20 Å². The fraction of sp³-hybridized carbons (Fsp3) is 0.150. The summed E-state index contributed by atoms with van der Waals surface area (Å²) < 4.78 is 2.02. The number of hydrogen-bond acceptors (Lipinski definition) is 5. The Kier molecular flexibility index (Phi) is 4.01. The summed E-state index contributed by atoms with van der Waals surface area (Å²) in [4.78, 5) is 13.9. The highest BCUT2D eigenvalue weighted by Crippen LogP contribution is 2.28. The molecule has 0 fully saturated rings. The van der Waals surface area contributed by atoms with E-state index in [0.29, 0.717) is 5.82 Å². The van der Waals surface area contributed by atoms with Crippen LogP contribution in [0.3, 0.4) is 0 Å². The number of nitrogens with one attached hydrogen (secondary N) is 2. The first-order valence-electron chi connectivity index (χ1n) is 8.45. The minimum absolute atomic E-state index is 0.677. The third-order valence-electron chi connectivity index (χ3n) is 4.29. The predicted molar refractivity (Wildman–Crippen MR) is 106 cm³/mol. The second-order valence-electron chi connectivity index (χ2n) is 6.23. The summed E-state index contributed by atoms with van der Waals surface area (Å²) >= 11 is 0. The van der Waals surface area contributed by atoms with Crippen molar-refractivity contribution in [3.8, 4) is 11.4 Å². The van der Waals surface area contributed by atoms with E-state index in [1.807, 2.05) is 74.2 Å². The number of aryl methyl sites for hydroxylation is 2. The van der Waals surface area contributed by atoms with E-state index in [9.17, 15) is 0 Å². The van der Waals surface area contributed by atoms with Crippen LogP contribution in [0.5, 0.6) is 0 Å². The second-order valence-corrected chi connectivity index (χ2v) is 6.23. The van der Waals surface area contributed by atoms with E-state index in [4.69, 9.17) is 9.97 Å². The van der Waals surface area contributed by atoms with Gasteiger partial charge in [-0.05, 0) is 42.8 Å². The van der Waals surface area contributed by atoms with E-state index in [-0.39, 0.29) is 0 Å². The molecule has 0 amide bonds. The quantitative estimate of drug-likeness (QED) is 0.583. The molecule has 0 saturated heterocycles. The third kappa shape index (κ3) is 2.97. The summed E-state index contributed by atoms with van der Waals surface area (Å²) in [6.45, 7) is 2.04. The SMILES string of the molecule is CNc1cccc(-c2nc(Nc3cc(C)ccn3)c3c(ccn3C)n2)c1. The van der Waals surface area contributed by atoms with Crippen LogP contribution in [0.4, 0.5) is 17.3 Å². The van der Waals surface area contributed by atoms with Crippen molar-refractivity contribution in [2.45, 2.75) is 6.92 Å². The number of aromatic nitrogens is 4. The molecule has 2 N–H and O–H groups in total. The van der Waals surface area contributed by atoms with Gasteiger partial charge in [-0.3, -0.25) is 0 Å². The molecule has 0 atom stereocenters. The zero-order valence-corrected chi connectivity index (χ0v) is 15.0. The number of pyridine rings is 1. The first kappa shape index (κ1) is 16.1. The maximum absolute atomic E-state index is 4.79. The van der Waals surface area contributed by atoms with Crippen molar-refractivity contribution < 1.29 is 0 Å². The first-order chi connectivity index (χ1) is 12.6. The summed E-state index contributed by atoms with van der Waals surface area (Å²) in [7, 11) is 3.89. The van der Waals surface area contributed by atoms with Gasteiger partial charge < -0.3 is 15.2 Å². The summed E-state index contributed by atoms with van der Waals surface area (Å²) in [6, 6.07) is 14.0. The van der Waals surface area contributed by atoms with Crippen molar-refractivity contribution in [2.24, 2.45) is 7.05 Å². The molecule has 0 aliphatic heterocycles. The molecule has 26 heavy (non-hydrogen) atoms. The minimum Gasteiger partial charge on any atom is -0.388 e. The Hall–Kier alpha value is -3.41. The van der Waals surface area contributed by atoms with Crippen LogP contribution in [0.2, 0.25) is 0 Å². The van der Waals surface area contributed by atoms with E-state index in [0.717, 1.165) is 39.5 Å². The maximum atomic E-state index is 4.79. The number of hydrogen-bond donors (Lipinski definition) is 2. The van der Waals surface area contributed by atoms with Crippen LogP contribution in [-0.2, 0) is 7.05 Å². The van der Waals surface area contributed by atoms with Crippen LogP contribution in [0.25, 0.3) is 22.4 Å². The first-order valence-corrected chi connectivity index (χ1v) is 8.45. The van der Waals surface area contributed by atoms with Crippen LogP contribution < -0.4 is 10.6 Å². The van der Waals surface area contributed by atoms with Gasteiger partial charge in [-0.15, -0.1) is 0 Å². The number of anilines is 3. The van der Waals surface area contributed by atoms with Crippen LogP contribution in [0, 0.1) is 6.92 Å². The van der Waals surface area contributed by atoms with Gasteiger partial charge in [0.1, 0.15) is 11.3 Å². The summed E-state index contributed by atoms with van der Waals surface area (Å²) in [5.41, 5.74) is 4.96. The van der Waals surface area contributed by atoms with Gasteiger partial charge in [-0.2, -0.15) is 0 Å². The van der Waals surface area contributed by atoms with Gasteiger partial charge in [0, 0.05) is 37.7 Å². The van der Waals surface area contributed by atoms with Crippen LogP contribution in [0.15, 0.2) is 54.9 Å². The maximum Gasteiger partial charge on any atom is 0.162 e. The Balaban J connectivity index is 1.86. The standard InChI is InChI=1S/C20H20N6/c1-13-7-9-22-17(11-13)24-20-18-16(8-10-26(18)3)23-19(25-20)14-5-4-6-15(12-14)21-2/h4-12,21H,1-3H3,(H,22,23,24,25). The molecule has 3 heterocycles. The molecule has 6 nitrogen and oxygen atoms in total. The van der Waals surface area contributed by atoms with Crippen molar-refractivity contribution in [3.63, 3.8) is 0 Å². The predicted octanol–water partition coefficient (Wildman–Crippen LogP) is 4.12. The van der Waals surface area contributed by atoms with Crippen molar-refractivity contribution in [2.75, 3.05) is 17.7 Å². The normalized spacial score (nSPS) is 10.9. The zero-order chi connectivity index (χ0) is 18.1. The van der Waals surface area contributed by atoms with Crippen LogP contribution in [0.1, 0.15) is 5.56 Å². The highest BCUT2D eigenvalue weighted by Gasteiger charge is 2.13. The van der Waals surface area contributed by atoms with Crippen LogP contribution >= 0.6 is 0 Å². The van der Waals surface area contributed by atoms with Gasteiger partial charge in [0.25, 0.3) is 0 Å². The molecule has 0 unspecified atom stereocenters. The van der Waals surface area contributed by atoms with Crippen molar-refractivity contribution in [1.82, 2.24) is 19.5 Å². The smallest absolute Gasteiger partial charge is 0.162 e. The molecule has 0 spiro atoms. The van der Waals surface area contributed by atoms with Gasteiger partial charge in [0.05, 0.1) is 5.52 Å². The molecule has 3 aromatic heterocycles. The lowest BCUT2D eigenvalue weighted by atomic mass is 10.2. The number of rotatable bonds is 4. The van der Waals surface area contributed by atoms with E-state index in [1.165, 1.54) is 0 Å². The monoisotopic (exact) mass is 344 g/mol. The molecule has 0 saturated carbocycles. The lowest BCUT2D eigenvalue weighted by molar-refractivity contribution is 0.964. The fourth-order valence-corrected chi connectivity index (χ4v) is 2.95. The molecule has 0 aliphatic rings. The van der Waals surface area contributed by atoms with Gasteiger partial charge in [-0.25, -0.2) is 15.0 Å². The number of benzene rings is 1. The van der Waals surface area contributed by atoms with E-state index < -0.39 is 0 Å². The molecule has 130 valence electrons. The average Bonchev–Trinajstić information content (AvgIpc) is 3.03. The molecule has 4 rings (SSSR count). The average molecular weight is 344 g/mol. The third-order valence-corrected chi connectivity index (χ3v) is 4.29. The Bertz CT molecular complexity index is 1080. The Morgan fingerprint density at radius 1 is 1.04 bits per heavy atom. The summed E-state index contributed by atoms with van der Waals surface area (Å²) in [6.07, 6.45) is 3.78. The largest absolute Gasteiger partial charge is 0.388 e. The van der Waals surface area contributed by atoms with E-state index >= 15 is 0 Å². The van der Waals surface area contributed by atoms with Crippen molar-refractivity contribution in [1.29, 1.82) is 0 Å². The number of fused-ring (bicyclic) bond motifs is 1. The second kappa shape index (κ2) is 6.48. The molecule has 1 aromatic carbocycles. The Morgan fingerprint density at radius 3 is 2.73 bits per heavy atom. The topological polar surface area (TPSA) is 67.7 Å².